The molecule has 0 aromatic carbocycles. The first kappa shape index (κ1) is 21.4. The van der Waals surface area contributed by atoms with Crippen LogP contribution < -0.4 is 5.32 Å². The van der Waals surface area contributed by atoms with Gasteiger partial charge in [-0.15, -0.1) is 0 Å². The minimum absolute atomic E-state index is 0.236. The molecule has 0 spiro atoms. The Labute approximate surface area is 139 Å². The smallest absolute Gasteiger partial charge is 0.220 e. The third-order valence-electron chi connectivity index (χ3n) is 4.38. The minimum Gasteiger partial charge on any atom is -0.350 e. The lowest BCUT2D eigenvalue weighted by atomic mass is 10.1. The van der Waals surface area contributed by atoms with E-state index in [-0.39, 0.29) is 5.91 Å². The number of hydrogen-bond acceptors (Lipinski definition) is 1. The zero-order chi connectivity index (χ0) is 16.7. The van der Waals surface area contributed by atoms with E-state index in [0.717, 1.165) is 24.0 Å². The van der Waals surface area contributed by atoms with E-state index in [1.54, 1.807) is 0 Å². The Morgan fingerprint density at radius 2 is 1.32 bits per heavy atom. The molecule has 0 unspecified atom stereocenters. The van der Waals surface area contributed by atoms with Crippen LogP contribution in [-0.2, 0) is 4.79 Å². The van der Waals surface area contributed by atoms with Crippen molar-refractivity contribution in [1.82, 2.24) is 5.32 Å². The lowest BCUT2D eigenvalue weighted by Crippen LogP contribution is -2.45. The molecule has 1 amide bonds. The maximum Gasteiger partial charge on any atom is 0.220 e. The number of nitrogens with one attached hydrogen (secondary N) is 1. The number of hydrogen-bond donors (Lipinski definition) is 1. The van der Waals surface area contributed by atoms with Gasteiger partial charge in [0, 0.05) is 6.42 Å². The van der Waals surface area contributed by atoms with Crippen LogP contribution in [0.25, 0.3) is 0 Å². The summed E-state index contributed by atoms with van der Waals surface area (Å²) < 4.78 is 0.995. The molecule has 0 bridgehead atoms. The molecule has 0 fully saturated rings. The Morgan fingerprint density at radius 3 is 1.86 bits per heavy atom. The average Bonchev–Trinajstić information content (AvgIpc) is 2.45. The predicted octanol–water partition coefficient (Wildman–Crippen LogP) is 4.51. The number of likely N-dealkylation sites (N-methyl/N-ethyl adjacent to an activating group) is 1. The van der Waals surface area contributed by atoms with Crippen LogP contribution in [-0.4, -0.2) is 44.1 Å². The Morgan fingerprint density at radius 1 is 0.773 bits per heavy atom. The molecule has 0 radical (unpaired) electrons. The number of carbonyl (C=O) groups excluding carboxylic acids is 1. The molecule has 22 heavy (non-hydrogen) atoms. The van der Waals surface area contributed by atoms with E-state index >= 15 is 0 Å². The fourth-order valence-corrected chi connectivity index (χ4v) is 2.90. The molecule has 3 nitrogen and oxygen atoms in total. The van der Waals surface area contributed by atoms with Crippen molar-refractivity contribution in [3.8, 4) is 0 Å². The molecule has 0 heterocycles. The first-order chi connectivity index (χ1) is 10.5. The summed E-state index contributed by atoms with van der Waals surface area (Å²) in [7, 11) is 4.46. The van der Waals surface area contributed by atoms with Crippen molar-refractivity contribution in [1.29, 1.82) is 0 Å². The highest BCUT2D eigenvalue weighted by atomic mass is 16.1. The summed E-state index contributed by atoms with van der Waals surface area (Å²) in [5.41, 5.74) is 0. The molecule has 0 aromatic heterocycles. The minimum atomic E-state index is 0.236. The van der Waals surface area contributed by atoms with Crippen molar-refractivity contribution in [3.05, 3.63) is 0 Å². The Bertz CT molecular complexity index is 264. The van der Waals surface area contributed by atoms with Gasteiger partial charge in [-0.25, -0.2) is 0 Å². The summed E-state index contributed by atoms with van der Waals surface area (Å²) in [6.45, 7) is 7.48. The molecule has 3 heteroatoms. The van der Waals surface area contributed by atoms with E-state index in [0.29, 0.717) is 6.42 Å². The zero-order valence-electron chi connectivity index (χ0n) is 15.8. The number of rotatable bonds is 15. The van der Waals surface area contributed by atoms with Crippen molar-refractivity contribution >= 4 is 5.91 Å². The summed E-state index contributed by atoms with van der Waals surface area (Å²) in [5.74, 6) is 0.236. The van der Waals surface area contributed by atoms with Crippen LogP contribution in [0.5, 0.6) is 0 Å². The maximum absolute atomic E-state index is 11.8. The van der Waals surface area contributed by atoms with Crippen LogP contribution in [0.3, 0.4) is 0 Å². The van der Waals surface area contributed by atoms with Gasteiger partial charge < -0.3 is 9.80 Å². The van der Waals surface area contributed by atoms with Crippen LogP contribution >= 0.6 is 0 Å². The summed E-state index contributed by atoms with van der Waals surface area (Å²) in [4.78, 5) is 11.8. The van der Waals surface area contributed by atoms with E-state index in [1.807, 2.05) is 0 Å². The zero-order valence-corrected chi connectivity index (χ0v) is 15.8. The van der Waals surface area contributed by atoms with Crippen molar-refractivity contribution in [2.24, 2.45) is 0 Å². The molecule has 0 aliphatic carbocycles. The molecule has 1 N–H and O–H groups in total. The van der Waals surface area contributed by atoms with Crippen LogP contribution in [0.1, 0.15) is 84.5 Å². The molecule has 132 valence electrons. The highest BCUT2D eigenvalue weighted by Crippen LogP contribution is 2.10. The summed E-state index contributed by atoms with van der Waals surface area (Å²) >= 11 is 0. The third-order valence-corrected chi connectivity index (χ3v) is 4.38. The molecule has 0 rings (SSSR count). The number of amides is 1. The second-order valence-electron chi connectivity index (χ2n) is 7.31. The van der Waals surface area contributed by atoms with E-state index < -0.39 is 0 Å². The van der Waals surface area contributed by atoms with Gasteiger partial charge in [0.25, 0.3) is 0 Å². The van der Waals surface area contributed by atoms with Gasteiger partial charge in [-0.05, 0) is 12.8 Å². The first-order valence-corrected chi connectivity index (χ1v) is 9.60. The van der Waals surface area contributed by atoms with Gasteiger partial charge in [-0.2, -0.15) is 0 Å². The molecular weight excluding hydrogens is 272 g/mol. The van der Waals surface area contributed by atoms with Gasteiger partial charge in [-0.1, -0.05) is 65.2 Å². The van der Waals surface area contributed by atoms with Crippen molar-refractivity contribution in [3.63, 3.8) is 0 Å². The lowest BCUT2D eigenvalue weighted by Gasteiger charge is -2.29. The highest BCUT2D eigenvalue weighted by molar-refractivity contribution is 5.75. The van der Waals surface area contributed by atoms with E-state index in [9.17, 15) is 4.79 Å². The Hall–Kier alpha value is -0.570. The van der Waals surface area contributed by atoms with Crippen LogP contribution in [0.15, 0.2) is 0 Å². The first-order valence-electron chi connectivity index (χ1n) is 9.60. The standard InChI is InChI=1S/C19H40N2O/c1-5-7-8-9-10-11-12-13-14-15-19(22)20-16-18-21(3,4)17-6-2/h5-18H2,1-4H3/p+1. The SMILES string of the molecule is CCCCCCCCCCCC(=O)NCC[N+](C)(C)CCC. The Kier molecular flexibility index (Phi) is 13.7. The molecular formula is C19H41N2O+. The monoisotopic (exact) mass is 313 g/mol. The number of unbranched alkanes of at least 4 members (excludes halogenated alkanes) is 8. The van der Waals surface area contributed by atoms with E-state index in [2.05, 4.69) is 33.3 Å². The fraction of sp³-hybridized carbons (Fsp3) is 0.947. The average molecular weight is 314 g/mol. The second-order valence-corrected chi connectivity index (χ2v) is 7.31. The quantitative estimate of drug-likeness (QED) is 0.350. The van der Waals surface area contributed by atoms with Gasteiger partial charge in [0.05, 0.1) is 33.7 Å². The maximum atomic E-state index is 11.8. The van der Waals surface area contributed by atoms with Crippen LogP contribution in [0, 0.1) is 0 Å². The largest absolute Gasteiger partial charge is 0.350 e. The van der Waals surface area contributed by atoms with E-state index in [4.69, 9.17) is 0 Å². The van der Waals surface area contributed by atoms with Crippen LogP contribution in [0.4, 0.5) is 0 Å². The molecule has 0 saturated carbocycles. The van der Waals surface area contributed by atoms with Gasteiger partial charge in [0.2, 0.25) is 5.91 Å². The fourth-order valence-electron chi connectivity index (χ4n) is 2.90. The second kappa shape index (κ2) is 14.0. The van der Waals surface area contributed by atoms with E-state index in [1.165, 1.54) is 64.3 Å². The highest BCUT2D eigenvalue weighted by Gasteiger charge is 2.13. The summed E-state index contributed by atoms with van der Waals surface area (Å²) in [5, 5.41) is 3.07. The summed E-state index contributed by atoms with van der Waals surface area (Å²) in [6, 6.07) is 0. The number of carbonyl (C=O) groups is 1. The predicted molar refractivity (Wildman–Crippen MR) is 97.0 cm³/mol. The van der Waals surface area contributed by atoms with Crippen molar-refractivity contribution in [2.75, 3.05) is 33.7 Å². The normalized spacial score (nSPS) is 11.6. The van der Waals surface area contributed by atoms with Crippen LogP contribution in [0.2, 0.25) is 0 Å². The lowest BCUT2D eigenvalue weighted by molar-refractivity contribution is -0.889. The molecule has 0 aliphatic rings. The van der Waals surface area contributed by atoms with Crippen molar-refractivity contribution < 1.29 is 9.28 Å². The third kappa shape index (κ3) is 14.4. The molecule has 0 saturated heterocycles. The Balaban J connectivity index is 3.36. The number of quaternary nitrogens is 1. The molecule has 0 atom stereocenters. The topological polar surface area (TPSA) is 29.1 Å². The van der Waals surface area contributed by atoms with Gasteiger partial charge in [0.1, 0.15) is 0 Å². The summed E-state index contributed by atoms with van der Waals surface area (Å²) in [6.07, 6.45) is 13.6. The van der Waals surface area contributed by atoms with Crippen molar-refractivity contribution in [2.45, 2.75) is 84.5 Å². The van der Waals surface area contributed by atoms with Gasteiger partial charge >= 0.3 is 0 Å². The molecule has 0 aliphatic heterocycles. The van der Waals surface area contributed by atoms with Gasteiger partial charge in [0.15, 0.2) is 0 Å². The van der Waals surface area contributed by atoms with Gasteiger partial charge in [-0.3, -0.25) is 4.79 Å². The number of nitrogens with zero attached hydrogens (tertiary/aromatic N) is 1. The molecule has 0 aromatic rings.